The van der Waals surface area contributed by atoms with E-state index in [9.17, 15) is 19.1 Å². The molecule has 31 heavy (non-hydrogen) atoms. The normalized spacial score (nSPS) is 11.6. The molecule has 0 aliphatic heterocycles. The van der Waals surface area contributed by atoms with E-state index in [-0.39, 0.29) is 16.4 Å². The van der Waals surface area contributed by atoms with Crippen LogP contribution in [-0.4, -0.2) is 34.1 Å². The smallest absolute Gasteiger partial charge is 0.305 e. The lowest BCUT2D eigenvalue weighted by Gasteiger charge is -2.18. The van der Waals surface area contributed by atoms with E-state index < -0.39 is 30.2 Å². The zero-order chi connectivity index (χ0) is 22.5. The molecule has 0 saturated carbocycles. The minimum Gasteiger partial charge on any atom is -0.494 e. The number of carboxylic acids is 1. The Balaban J connectivity index is 1.98. The molecule has 0 spiro atoms. The first-order valence-electron chi connectivity index (χ1n) is 9.24. The molecule has 3 rings (SSSR count). The predicted molar refractivity (Wildman–Crippen MR) is 113 cm³/mol. The SMILES string of the molecule is COc1ccc(C(=O)N[C@@H](CC(=O)O)c2ccccc2F)nc1-c1cc(C)cnc1Cl. The highest BCUT2D eigenvalue weighted by Gasteiger charge is 2.23. The number of aliphatic carboxylic acids is 1. The van der Waals surface area contributed by atoms with Crippen LogP contribution in [-0.2, 0) is 4.79 Å². The molecule has 2 aromatic heterocycles. The molecule has 7 nitrogen and oxygen atoms in total. The van der Waals surface area contributed by atoms with Crippen LogP contribution >= 0.6 is 11.6 Å². The van der Waals surface area contributed by atoms with Gasteiger partial charge in [0, 0.05) is 17.3 Å². The highest BCUT2D eigenvalue weighted by Crippen LogP contribution is 2.33. The molecule has 0 fully saturated rings. The van der Waals surface area contributed by atoms with Gasteiger partial charge >= 0.3 is 5.97 Å². The van der Waals surface area contributed by atoms with E-state index in [1.165, 1.54) is 31.4 Å². The van der Waals surface area contributed by atoms with E-state index in [0.29, 0.717) is 17.0 Å². The Hall–Kier alpha value is -3.52. The van der Waals surface area contributed by atoms with Gasteiger partial charge in [0.05, 0.1) is 19.6 Å². The predicted octanol–water partition coefficient (Wildman–Crippen LogP) is 4.20. The van der Waals surface area contributed by atoms with Crippen molar-refractivity contribution in [2.45, 2.75) is 19.4 Å². The number of aromatic nitrogens is 2. The van der Waals surface area contributed by atoms with Gasteiger partial charge in [-0.1, -0.05) is 29.8 Å². The van der Waals surface area contributed by atoms with Gasteiger partial charge in [0.15, 0.2) is 0 Å². The number of ether oxygens (including phenoxy) is 1. The molecule has 0 radical (unpaired) electrons. The first kappa shape index (κ1) is 22.2. The molecule has 9 heteroatoms. The van der Waals surface area contributed by atoms with Crippen molar-refractivity contribution in [3.63, 3.8) is 0 Å². The number of carboxylic acid groups (broad SMARTS) is 1. The third-order valence-corrected chi connectivity index (χ3v) is 4.81. The van der Waals surface area contributed by atoms with Gasteiger partial charge < -0.3 is 15.2 Å². The Kier molecular flexibility index (Phi) is 6.81. The van der Waals surface area contributed by atoms with Crippen LogP contribution in [0.25, 0.3) is 11.3 Å². The lowest BCUT2D eigenvalue weighted by atomic mass is 10.0. The maximum atomic E-state index is 14.2. The van der Waals surface area contributed by atoms with E-state index in [1.54, 1.807) is 24.4 Å². The van der Waals surface area contributed by atoms with Crippen LogP contribution in [0.3, 0.4) is 0 Å². The number of hydrogen-bond donors (Lipinski definition) is 2. The number of nitrogens with one attached hydrogen (secondary N) is 1. The zero-order valence-electron chi connectivity index (χ0n) is 16.7. The quantitative estimate of drug-likeness (QED) is 0.531. The molecule has 1 amide bonds. The second kappa shape index (κ2) is 9.53. The minimum atomic E-state index is -1.19. The number of amides is 1. The maximum Gasteiger partial charge on any atom is 0.305 e. The number of carbonyl (C=O) groups is 2. The van der Waals surface area contributed by atoms with Gasteiger partial charge in [-0.3, -0.25) is 9.59 Å². The fraction of sp³-hybridized carbons (Fsp3) is 0.182. The van der Waals surface area contributed by atoms with Crippen LogP contribution in [0, 0.1) is 12.7 Å². The third kappa shape index (κ3) is 5.16. The highest BCUT2D eigenvalue weighted by atomic mass is 35.5. The van der Waals surface area contributed by atoms with Crippen molar-refractivity contribution in [3.05, 3.63) is 76.5 Å². The number of pyridine rings is 2. The van der Waals surface area contributed by atoms with Crippen LogP contribution in [0.15, 0.2) is 48.7 Å². The Morgan fingerprint density at radius 2 is 2.00 bits per heavy atom. The first-order chi connectivity index (χ1) is 14.8. The van der Waals surface area contributed by atoms with E-state index in [1.807, 2.05) is 6.92 Å². The van der Waals surface area contributed by atoms with Crippen molar-refractivity contribution < 1.29 is 23.8 Å². The zero-order valence-corrected chi connectivity index (χ0v) is 17.5. The summed E-state index contributed by atoms with van der Waals surface area (Å²) < 4.78 is 19.6. The number of nitrogens with zero attached hydrogens (tertiary/aromatic N) is 2. The number of halogens is 2. The topological polar surface area (TPSA) is 101 Å². The van der Waals surface area contributed by atoms with Crippen LogP contribution in [0.5, 0.6) is 5.75 Å². The molecule has 0 saturated heterocycles. The number of aryl methyl sites for hydroxylation is 1. The summed E-state index contributed by atoms with van der Waals surface area (Å²) in [5.74, 6) is -2.10. The summed E-state index contributed by atoms with van der Waals surface area (Å²) in [5.41, 5.74) is 1.67. The van der Waals surface area contributed by atoms with E-state index in [2.05, 4.69) is 15.3 Å². The molecule has 1 atom stereocenters. The average Bonchev–Trinajstić information content (AvgIpc) is 2.74. The van der Waals surface area contributed by atoms with Crippen molar-refractivity contribution >= 4 is 23.5 Å². The molecule has 1 aromatic carbocycles. The molecule has 0 aliphatic rings. The fourth-order valence-electron chi connectivity index (χ4n) is 3.05. The second-order valence-electron chi connectivity index (χ2n) is 6.74. The molecule has 0 bridgehead atoms. The van der Waals surface area contributed by atoms with Crippen molar-refractivity contribution in [3.8, 4) is 17.0 Å². The summed E-state index contributed by atoms with van der Waals surface area (Å²) in [6.07, 6.45) is 1.10. The summed E-state index contributed by atoms with van der Waals surface area (Å²) in [6, 6.07) is 9.32. The summed E-state index contributed by atoms with van der Waals surface area (Å²) in [6.45, 7) is 1.83. The van der Waals surface area contributed by atoms with Gasteiger partial charge in [-0.2, -0.15) is 0 Å². The van der Waals surface area contributed by atoms with Gasteiger partial charge in [-0.05, 0) is 36.8 Å². The molecule has 2 N–H and O–H groups in total. The first-order valence-corrected chi connectivity index (χ1v) is 9.62. The van der Waals surface area contributed by atoms with Gasteiger partial charge in [0.2, 0.25) is 0 Å². The Morgan fingerprint density at radius 3 is 2.68 bits per heavy atom. The molecule has 0 unspecified atom stereocenters. The molecule has 3 aromatic rings. The molecule has 0 aliphatic carbocycles. The fourth-order valence-corrected chi connectivity index (χ4v) is 3.25. The van der Waals surface area contributed by atoms with Gasteiger partial charge in [-0.25, -0.2) is 14.4 Å². The van der Waals surface area contributed by atoms with Crippen LogP contribution in [0.2, 0.25) is 5.15 Å². The Labute approximate surface area is 182 Å². The number of benzene rings is 1. The number of rotatable bonds is 7. The van der Waals surface area contributed by atoms with Crippen molar-refractivity contribution in [2.24, 2.45) is 0 Å². The van der Waals surface area contributed by atoms with Crippen molar-refractivity contribution in [1.29, 1.82) is 0 Å². The van der Waals surface area contributed by atoms with Gasteiger partial charge in [0.1, 0.15) is 28.1 Å². The molecular formula is C22H19ClFN3O4. The van der Waals surface area contributed by atoms with Gasteiger partial charge in [0.25, 0.3) is 5.91 Å². The molecular weight excluding hydrogens is 425 g/mol. The van der Waals surface area contributed by atoms with E-state index in [4.69, 9.17) is 16.3 Å². The minimum absolute atomic E-state index is 0.0138. The largest absolute Gasteiger partial charge is 0.494 e. The standard InChI is InChI=1S/C22H19ClFN3O4/c1-12-9-14(21(23)25-11-12)20-18(31-2)8-7-16(26-20)22(30)27-17(10-19(28)29)13-5-3-4-6-15(13)24/h3-9,11,17H,10H2,1-2H3,(H,27,30)(H,28,29)/t17-/m0/s1. The Bertz CT molecular complexity index is 1140. The van der Waals surface area contributed by atoms with Crippen LogP contribution in [0.1, 0.15) is 34.1 Å². The van der Waals surface area contributed by atoms with Crippen molar-refractivity contribution in [1.82, 2.24) is 15.3 Å². The van der Waals surface area contributed by atoms with E-state index in [0.717, 1.165) is 5.56 Å². The number of carbonyl (C=O) groups excluding carboxylic acids is 1. The van der Waals surface area contributed by atoms with Crippen LogP contribution in [0.4, 0.5) is 4.39 Å². The molecule has 160 valence electrons. The third-order valence-electron chi connectivity index (χ3n) is 4.51. The van der Waals surface area contributed by atoms with Gasteiger partial charge in [-0.15, -0.1) is 0 Å². The molecule has 2 heterocycles. The lowest BCUT2D eigenvalue weighted by molar-refractivity contribution is -0.137. The average molecular weight is 444 g/mol. The van der Waals surface area contributed by atoms with Crippen LogP contribution < -0.4 is 10.1 Å². The summed E-state index contributed by atoms with van der Waals surface area (Å²) in [4.78, 5) is 32.6. The van der Waals surface area contributed by atoms with Crippen molar-refractivity contribution in [2.75, 3.05) is 7.11 Å². The summed E-state index contributed by atoms with van der Waals surface area (Å²) in [7, 11) is 1.46. The lowest BCUT2D eigenvalue weighted by Crippen LogP contribution is -2.31. The summed E-state index contributed by atoms with van der Waals surface area (Å²) in [5, 5.41) is 11.9. The Morgan fingerprint density at radius 1 is 1.26 bits per heavy atom. The maximum absolute atomic E-state index is 14.2. The number of methoxy groups -OCH3 is 1. The monoisotopic (exact) mass is 443 g/mol. The second-order valence-corrected chi connectivity index (χ2v) is 7.10. The summed E-state index contributed by atoms with van der Waals surface area (Å²) >= 11 is 6.22. The van der Waals surface area contributed by atoms with E-state index >= 15 is 0 Å². The number of hydrogen-bond acceptors (Lipinski definition) is 5. The highest BCUT2D eigenvalue weighted by molar-refractivity contribution is 6.32.